The monoisotopic (exact) mass is 297 g/mol. The minimum Gasteiger partial charge on any atom is -0.465 e. The van der Waals surface area contributed by atoms with Gasteiger partial charge in [-0.25, -0.2) is 18.1 Å². The molecule has 108 valence electrons. The summed E-state index contributed by atoms with van der Waals surface area (Å²) in [6.45, 7) is 1.76. The van der Waals surface area contributed by atoms with Gasteiger partial charge in [-0.15, -0.1) is 0 Å². The third-order valence-electron chi connectivity index (χ3n) is 2.51. The van der Waals surface area contributed by atoms with E-state index in [0.717, 1.165) is 11.0 Å². The highest BCUT2D eigenvalue weighted by molar-refractivity contribution is 7.90. The van der Waals surface area contributed by atoms with Crippen LogP contribution >= 0.6 is 0 Å². The zero-order valence-corrected chi connectivity index (χ0v) is 11.7. The highest BCUT2D eigenvalue weighted by Gasteiger charge is 2.17. The molecule has 20 heavy (non-hydrogen) atoms. The van der Waals surface area contributed by atoms with Crippen molar-refractivity contribution >= 4 is 27.0 Å². The number of imidazole rings is 1. The molecule has 0 atom stereocenters. The summed E-state index contributed by atoms with van der Waals surface area (Å²) in [6, 6.07) is 7.37. The van der Waals surface area contributed by atoms with E-state index >= 15 is 0 Å². The normalized spacial score (nSPS) is 11.7. The van der Waals surface area contributed by atoms with E-state index in [1.54, 1.807) is 6.92 Å². The Balaban J connectivity index is 1.98. The number of sulfonamides is 1. The van der Waals surface area contributed by atoms with Crippen molar-refractivity contribution in [2.24, 2.45) is 0 Å². The molecule has 2 N–H and O–H groups in total. The predicted molar refractivity (Wildman–Crippen MR) is 73.4 cm³/mol. The molecule has 2 rings (SSSR count). The van der Waals surface area contributed by atoms with Crippen LogP contribution in [0.2, 0.25) is 0 Å². The van der Waals surface area contributed by atoms with Gasteiger partial charge in [0.2, 0.25) is 10.0 Å². The van der Waals surface area contributed by atoms with Gasteiger partial charge < -0.3 is 9.72 Å². The van der Waals surface area contributed by atoms with Gasteiger partial charge in [0.25, 0.3) is 0 Å². The summed E-state index contributed by atoms with van der Waals surface area (Å²) in [5.74, 6) is -0.982. The molecule has 0 bridgehead atoms. The molecule has 0 saturated heterocycles. The summed E-state index contributed by atoms with van der Waals surface area (Å²) < 4.78 is 30.2. The third kappa shape index (κ3) is 3.78. The van der Waals surface area contributed by atoms with Gasteiger partial charge in [0, 0.05) is 0 Å². The lowest BCUT2D eigenvalue weighted by Gasteiger charge is -2.04. The summed E-state index contributed by atoms with van der Waals surface area (Å²) in [7, 11) is -3.72. The van der Waals surface area contributed by atoms with Gasteiger partial charge in [-0.05, 0) is 19.1 Å². The minimum atomic E-state index is -3.72. The second-order valence-corrected chi connectivity index (χ2v) is 5.89. The van der Waals surface area contributed by atoms with Crippen LogP contribution in [0, 0.1) is 0 Å². The number of esters is 1. The van der Waals surface area contributed by atoms with Crippen LogP contribution in [0.3, 0.4) is 0 Å². The van der Waals surface area contributed by atoms with E-state index in [0.29, 0.717) is 5.82 Å². The molecule has 7 nitrogen and oxygen atoms in total. The molecule has 0 fully saturated rings. The van der Waals surface area contributed by atoms with Gasteiger partial charge in [-0.3, -0.25) is 4.79 Å². The van der Waals surface area contributed by atoms with E-state index in [9.17, 15) is 13.2 Å². The van der Waals surface area contributed by atoms with Crippen LogP contribution in [0.1, 0.15) is 12.7 Å². The number of rotatable bonds is 6. The first kappa shape index (κ1) is 14.5. The molecule has 8 heteroatoms. The average Bonchev–Trinajstić information content (AvgIpc) is 2.79. The summed E-state index contributed by atoms with van der Waals surface area (Å²) >= 11 is 0. The fourth-order valence-electron chi connectivity index (χ4n) is 1.68. The molecular weight excluding hydrogens is 282 g/mol. The largest absolute Gasteiger partial charge is 0.465 e. The number of H-pyrrole nitrogens is 1. The maximum Gasteiger partial charge on any atom is 0.322 e. The second kappa shape index (κ2) is 6.02. The van der Waals surface area contributed by atoms with E-state index in [1.165, 1.54) is 0 Å². The van der Waals surface area contributed by atoms with Crippen molar-refractivity contribution in [2.75, 3.05) is 12.4 Å². The minimum absolute atomic E-state index is 0.00355. The Bertz CT molecular complexity index is 675. The first-order valence-electron chi connectivity index (χ1n) is 6.07. The van der Waals surface area contributed by atoms with Crippen LogP contribution in [0.4, 0.5) is 0 Å². The first-order valence-corrected chi connectivity index (χ1v) is 7.72. The molecule has 0 spiro atoms. The SMILES string of the molecule is CCOC(=O)CS(=O)(=O)NCc1nc2ccccc2[nH]1. The Hall–Kier alpha value is -1.93. The van der Waals surface area contributed by atoms with Gasteiger partial charge >= 0.3 is 5.97 Å². The Morgan fingerprint density at radius 1 is 1.40 bits per heavy atom. The summed E-state index contributed by atoms with van der Waals surface area (Å²) in [4.78, 5) is 18.4. The van der Waals surface area contributed by atoms with Crippen LogP contribution in [-0.4, -0.2) is 36.7 Å². The van der Waals surface area contributed by atoms with Gasteiger partial charge in [-0.1, -0.05) is 12.1 Å². The zero-order chi connectivity index (χ0) is 14.6. The van der Waals surface area contributed by atoms with Crippen LogP contribution < -0.4 is 4.72 Å². The number of hydrogen-bond acceptors (Lipinski definition) is 5. The lowest BCUT2D eigenvalue weighted by Crippen LogP contribution is -2.31. The Labute approximate surface area is 116 Å². The Morgan fingerprint density at radius 2 is 2.15 bits per heavy atom. The van der Waals surface area contributed by atoms with Crippen LogP contribution in [0.5, 0.6) is 0 Å². The number of para-hydroxylation sites is 2. The zero-order valence-electron chi connectivity index (χ0n) is 10.9. The van der Waals surface area contributed by atoms with Gasteiger partial charge in [0.15, 0.2) is 5.75 Å². The number of nitrogens with one attached hydrogen (secondary N) is 2. The number of nitrogens with zero attached hydrogens (tertiary/aromatic N) is 1. The number of aromatic amines is 1. The van der Waals surface area contributed by atoms with Crippen molar-refractivity contribution in [1.29, 1.82) is 0 Å². The highest BCUT2D eigenvalue weighted by atomic mass is 32.2. The Morgan fingerprint density at radius 3 is 2.85 bits per heavy atom. The Kier molecular flexibility index (Phi) is 4.35. The molecule has 0 aliphatic rings. The van der Waals surface area contributed by atoms with Crippen LogP contribution in [-0.2, 0) is 26.1 Å². The smallest absolute Gasteiger partial charge is 0.322 e. The van der Waals surface area contributed by atoms with E-state index in [2.05, 4.69) is 19.4 Å². The topological polar surface area (TPSA) is 101 Å². The molecule has 0 aliphatic carbocycles. The van der Waals surface area contributed by atoms with Crippen molar-refractivity contribution in [1.82, 2.24) is 14.7 Å². The average molecular weight is 297 g/mol. The van der Waals surface area contributed by atoms with Crippen molar-refractivity contribution in [2.45, 2.75) is 13.5 Å². The van der Waals surface area contributed by atoms with Crippen LogP contribution in [0.25, 0.3) is 11.0 Å². The molecule has 0 amide bonds. The van der Waals surface area contributed by atoms with Crippen molar-refractivity contribution < 1.29 is 17.9 Å². The second-order valence-electron chi connectivity index (χ2n) is 4.09. The summed E-state index contributed by atoms with van der Waals surface area (Å²) in [5, 5.41) is 0. The standard InChI is InChI=1S/C12H15N3O4S/c1-2-19-12(16)8-20(17,18)13-7-11-14-9-5-3-4-6-10(9)15-11/h3-6,13H,2,7-8H2,1H3,(H,14,15). The summed E-state index contributed by atoms with van der Waals surface area (Å²) in [5.41, 5.74) is 1.58. The maximum absolute atomic E-state index is 11.7. The van der Waals surface area contributed by atoms with E-state index in [1.807, 2.05) is 24.3 Å². The molecule has 0 unspecified atom stereocenters. The first-order chi connectivity index (χ1) is 9.50. The van der Waals surface area contributed by atoms with Gasteiger partial charge in [0.05, 0.1) is 24.2 Å². The molecule has 2 aromatic rings. The molecule has 1 aromatic heterocycles. The number of aromatic nitrogens is 2. The highest BCUT2D eigenvalue weighted by Crippen LogP contribution is 2.10. The van der Waals surface area contributed by atoms with Crippen molar-refractivity contribution in [3.8, 4) is 0 Å². The molecule has 0 saturated carbocycles. The fraction of sp³-hybridized carbons (Fsp3) is 0.333. The molecule has 1 heterocycles. The molecule has 0 radical (unpaired) electrons. The van der Waals surface area contributed by atoms with Gasteiger partial charge in [-0.2, -0.15) is 0 Å². The predicted octanol–water partition coefficient (Wildman–Crippen LogP) is 0.545. The van der Waals surface area contributed by atoms with E-state index in [-0.39, 0.29) is 13.2 Å². The van der Waals surface area contributed by atoms with Gasteiger partial charge in [0.1, 0.15) is 5.82 Å². The van der Waals surface area contributed by atoms with E-state index < -0.39 is 21.7 Å². The number of hydrogen-bond donors (Lipinski definition) is 2. The quantitative estimate of drug-likeness (QED) is 0.758. The third-order valence-corrected chi connectivity index (χ3v) is 3.71. The fourth-order valence-corrected chi connectivity index (χ4v) is 2.53. The lowest BCUT2D eigenvalue weighted by molar-refractivity contribution is -0.139. The lowest BCUT2D eigenvalue weighted by atomic mass is 10.3. The summed E-state index contributed by atoms with van der Waals surface area (Å²) in [6.07, 6.45) is 0. The number of carbonyl (C=O) groups excluding carboxylic acids is 1. The van der Waals surface area contributed by atoms with E-state index in [4.69, 9.17) is 0 Å². The molecule has 1 aromatic carbocycles. The maximum atomic E-state index is 11.7. The molecule has 0 aliphatic heterocycles. The van der Waals surface area contributed by atoms with Crippen molar-refractivity contribution in [3.05, 3.63) is 30.1 Å². The van der Waals surface area contributed by atoms with Crippen molar-refractivity contribution in [3.63, 3.8) is 0 Å². The van der Waals surface area contributed by atoms with Crippen LogP contribution in [0.15, 0.2) is 24.3 Å². The number of fused-ring (bicyclic) bond motifs is 1. The number of carbonyl (C=O) groups is 1. The number of ether oxygens (including phenoxy) is 1. The molecular formula is C12H15N3O4S. The number of benzene rings is 1.